The maximum atomic E-state index is 5.40. The van der Waals surface area contributed by atoms with Crippen LogP contribution in [0.1, 0.15) is 0 Å². The third-order valence-corrected chi connectivity index (χ3v) is 3.96. The van der Waals surface area contributed by atoms with Crippen LogP contribution in [0.15, 0.2) is 72.8 Å². The topological polar surface area (TPSA) is 22.1 Å². The number of methoxy groups -OCH3 is 1. The van der Waals surface area contributed by atoms with Gasteiger partial charge in [0.05, 0.1) is 18.3 Å². The minimum absolute atomic E-state index is 0.864. The largest absolute Gasteiger partial charge is 0.497 e. The molecule has 0 saturated heterocycles. The van der Waals surface area contributed by atoms with Crippen molar-refractivity contribution in [3.63, 3.8) is 0 Å². The highest BCUT2D eigenvalue weighted by Crippen LogP contribution is 2.34. The van der Waals surface area contributed by atoms with Gasteiger partial charge in [0.1, 0.15) is 5.75 Å². The number of ether oxygens (including phenoxy) is 1. The molecule has 0 aliphatic rings. The van der Waals surface area contributed by atoms with Gasteiger partial charge < -0.3 is 4.74 Å². The van der Waals surface area contributed by atoms with Crippen LogP contribution in [0.5, 0.6) is 5.75 Å². The van der Waals surface area contributed by atoms with E-state index in [1.165, 1.54) is 5.39 Å². The molecule has 3 aromatic carbocycles. The van der Waals surface area contributed by atoms with Crippen molar-refractivity contribution >= 4 is 21.7 Å². The monoisotopic (exact) mass is 285 g/mol. The lowest BCUT2D eigenvalue weighted by Crippen LogP contribution is -1.90. The number of pyridine rings is 1. The summed E-state index contributed by atoms with van der Waals surface area (Å²) in [6, 6.07) is 24.7. The van der Waals surface area contributed by atoms with Crippen LogP contribution in [0, 0.1) is 0 Å². The Labute approximate surface area is 129 Å². The Balaban J connectivity index is 2.15. The number of para-hydroxylation sites is 1. The molecule has 0 bridgehead atoms. The molecule has 4 aromatic rings. The van der Waals surface area contributed by atoms with Crippen molar-refractivity contribution < 1.29 is 4.74 Å². The van der Waals surface area contributed by atoms with Crippen molar-refractivity contribution in [3.05, 3.63) is 72.8 Å². The molecular weight excluding hydrogens is 270 g/mol. The Bertz CT molecular complexity index is 961. The van der Waals surface area contributed by atoms with Gasteiger partial charge in [-0.2, -0.15) is 0 Å². The van der Waals surface area contributed by atoms with E-state index in [-0.39, 0.29) is 0 Å². The van der Waals surface area contributed by atoms with E-state index in [4.69, 9.17) is 9.72 Å². The molecule has 2 heteroatoms. The second-order valence-electron chi connectivity index (χ2n) is 5.26. The molecule has 0 aliphatic heterocycles. The number of fused-ring (bicyclic) bond motifs is 3. The number of benzene rings is 3. The maximum Gasteiger partial charge on any atom is 0.119 e. The van der Waals surface area contributed by atoms with Gasteiger partial charge in [0.2, 0.25) is 0 Å². The van der Waals surface area contributed by atoms with Gasteiger partial charge in [-0.3, -0.25) is 0 Å². The fourth-order valence-corrected chi connectivity index (χ4v) is 2.88. The van der Waals surface area contributed by atoms with Gasteiger partial charge in [-0.1, -0.05) is 48.5 Å². The number of nitrogens with zero attached hydrogens (tertiary/aromatic N) is 1. The minimum Gasteiger partial charge on any atom is -0.497 e. The average molecular weight is 285 g/mol. The van der Waals surface area contributed by atoms with Gasteiger partial charge in [0.15, 0.2) is 0 Å². The quantitative estimate of drug-likeness (QED) is 0.480. The molecule has 0 spiro atoms. The van der Waals surface area contributed by atoms with E-state index in [9.17, 15) is 0 Å². The molecule has 4 rings (SSSR count). The summed E-state index contributed by atoms with van der Waals surface area (Å²) in [5, 5.41) is 3.46. The van der Waals surface area contributed by atoms with Crippen LogP contribution in [0.4, 0.5) is 0 Å². The van der Waals surface area contributed by atoms with E-state index in [1.807, 2.05) is 36.4 Å². The molecule has 0 fully saturated rings. The zero-order chi connectivity index (χ0) is 14.9. The first kappa shape index (κ1) is 12.8. The van der Waals surface area contributed by atoms with Gasteiger partial charge in [-0.25, -0.2) is 4.98 Å². The van der Waals surface area contributed by atoms with E-state index in [1.54, 1.807) is 7.11 Å². The molecule has 0 radical (unpaired) electrons. The van der Waals surface area contributed by atoms with Crippen LogP contribution in [-0.2, 0) is 0 Å². The van der Waals surface area contributed by atoms with Crippen LogP contribution in [-0.4, -0.2) is 12.1 Å². The minimum atomic E-state index is 0.864. The zero-order valence-electron chi connectivity index (χ0n) is 12.3. The summed E-state index contributed by atoms with van der Waals surface area (Å²) in [4.78, 5) is 4.89. The van der Waals surface area contributed by atoms with Crippen LogP contribution in [0.25, 0.3) is 32.9 Å². The van der Waals surface area contributed by atoms with Crippen LogP contribution < -0.4 is 4.74 Å². The lowest BCUT2D eigenvalue weighted by Gasteiger charge is -2.11. The summed E-state index contributed by atoms with van der Waals surface area (Å²) >= 11 is 0. The van der Waals surface area contributed by atoms with Crippen LogP contribution in [0.2, 0.25) is 0 Å². The Morgan fingerprint density at radius 2 is 1.50 bits per heavy atom. The zero-order valence-corrected chi connectivity index (χ0v) is 12.3. The summed E-state index contributed by atoms with van der Waals surface area (Å²) in [5.74, 6) is 0.864. The highest BCUT2D eigenvalue weighted by atomic mass is 16.5. The van der Waals surface area contributed by atoms with Gasteiger partial charge >= 0.3 is 0 Å². The molecule has 0 amide bonds. The van der Waals surface area contributed by atoms with Crippen molar-refractivity contribution in [1.29, 1.82) is 0 Å². The fourth-order valence-electron chi connectivity index (χ4n) is 2.88. The highest BCUT2D eigenvalue weighted by Gasteiger charge is 2.10. The number of hydrogen-bond acceptors (Lipinski definition) is 2. The third kappa shape index (κ3) is 2.01. The molecule has 0 saturated carbocycles. The molecule has 2 nitrogen and oxygen atoms in total. The lowest BCUT2D eigenvalue weighted by molar-refractivity contribution is 0.415. The van der Waals surface area contributed by atoms with Gasteiger partial charge in [0.25, 0.3) is 0 Å². The first-order valence-electron chi connectivity index (χ1n) is 7.29. The van der Waals surface area contributed by atoms with Crippen molar-refractivity contribution in [2.45, 2.75) is 0 Å². The fraction of sp³-hybridized carbons (Fsp3) is 0.0500. The van der Waals surface area contributed by atoms with Crippen molar-refractivity contribution in [1.82, 2.24) is 4.98 Å². The van der Waals surface area contributed by atoms with Crippen LogP contribution >= 0.6 is 0 Å². The van der Waals surface area contributed by atoms with Gasteiger partial charge in [-0.15, -0.1) is 0 Å². The van der Waals surface area contributed by atoms with E-state index in [2.05, 4.69) is 36.4 Å². The predicted molar refractivity (Wildman–Crippen MR) is 91.2 cm³/mol. The Kier molecular flexibility index (Phi) is 3.01. The highest BCUT2D eigenvalue weighted by molar-refractivity contribution is 6.11. The number of hydrogen-bond donors (Lipinski definition) is 0. The lowest BCUT2D eigenvalue weighted by atomic mass is 10.00. The molecule has 0 atom stereocenters. The SMILES string of the molecule is COc1ccc2c(-c3ccccc3)nc3ccccc3c2c1. The first-order valence-corrected chi connectivity index (χ1v) is 7.29. The Morgan fingerprint density at radius 3 is 2.32 bits per heavy atom. The maximum absolute atomic E-state index is 5.40. The van der Waals surface area contributed by atoms with E-state index >= 15 is 0 Å². The third-order valence-electron chi connectivity index (χ3n) is 3.96. The molecule has 22 heavy (non-hydrogen) atoms. The van der Waals surface area contributed by atoms with E-state index in [0.717, 1.165) is 33.3 Å². The molecule has 0 N–H and O–H groups in total. The normalized spacial score (nSPS) is 11.0. The molecular formula is C20H15NO. The molecule has 0 unspecified atom stereocenters. The molecule has 0 aliphatic carbocycles. The van der Waals surface area contributed by atoms with E-state index in [0.29, 0.717) is 0 Å². The standard InChI is InChI=1S/C20H15NO/c1-22-15-11-12-17-18(13-15)16-9-5-6-10-19(16)21-20(17)14-7-3-2-4-8-14/h2-13H,1H3. The smallest absolute Gasteiger partial charge is 0.119 e. The number of aromatic nitrogens is 1. The van der Waals surface area contributed by atoms with Crippen molar-refractivity contribution in [2.75, 3.05) is 7.11 Å². The summed E-state index contributed by atoms with van der Waals surface area (Å²) < 4.78 is 5.40. The summed E-state index contributed by atoms with van der Waals surface area (Å²) in [6.07, 6.45) is 0. The number of rotatable bonds is 2. The second-order valence-corrected chi connectivity index (χ2v) is 5.26. The Hall–Kier alpha value is -2.87. The molecule has 1 heterocycles. The molecule has 1 aromatic heterocycles. The second kappa shape index (κ2) is 5.15. The first-order chi connectivity index (χ1) is 10.9. The average Bonchev–Trinajstić information content (AvgIpc) is 2.61. The van der Waals surface area contributed by atoms with Crippen LogP contribution in [0.3, 0.4) is 0 Å². The van der Waals surface area contributed by atoms with Crippen molar-refractivity contribution in [2.24, 2.45) is 0 Å². The Morgan fingerprint density at radius 1 is 0.727 bits per heavy atom. The van der Waals surface area contributed by atoms with Gasteiger partial charge in [-0.05, 0) is 29.7 Å². The van der Waals surface area contributed by atoms with E-state index < -0.39 is 0 Å². The molecule has 106 valence electrons. The summed E-state index contributed by atoms with van der Waals surface area (Å²) in [5.41, 5.74) is 3.14. The summed E-state index contributed by atoms with van der Waals surface area (Å²) in [6.45, 7) is 0. The summed E-state index contributed by atoms with van der Waals surface area (Å²) in [7, 11) is 1.70. The van der Waals surface area contributed by atoms with Crippen molar-refractivity contribution in [3.8, 4) is 17.0 Å². The predicted octanol–water partition coefficient (Wildman–Crippen LogP) is 5.06. The van der Waals surface area contributed by atoms with Gasteiger partial charge in [0, 0.05) is 16.3 Å².